The average Bonchev–Trinajstić information content (AvgIpc) is 2.55. The van der Waals surface area contributed by atoms with Crippen molar-refractivity contribution in [2.75, 3.05) is 19.6 Å². The number of nitrogens with zero attached hydrogens (tertiary/aromatic N) is 1. The number of benzene rings is 1. The number of aliphatic hydroxyl groups is 1. The van der Waals surface area contributed by atoms with Crippen LogP contribution < -0.4 is 10.6 Å². The first kappa shape index (κ1) is 18.2. The molecule has 1 aliphatic heterocycles. The molecule has 3 rings (SSSR count). The van der Waals surface area contributed by atoms with Gasteiger partial charge in [0.05, 0.1) is 6.10 Å². The van der Waals surface area contributed by atoms with Gasteiger partial charge in [0.1, 0.15) is 0 Å². The van der Waals surface area contributed by atoms with E-state index in [-0.39, 0.29) is 18.6 Å². The van der Waals surface area contributed by atoms with Crippen LogP contribution in [0.3, 0.4) is 0 Å². The minimum absolute atomic E-state index is 0.175. The lowest BCUT2D eigenvalue weighted by atomic mass is 9.84. The van der Waals surface area contributed by atoms with E-state index in [0.29, 0.717) is 6.04 Å². The number of amides is 2. The summed E-state index contributed by atoms with van der Waals surface area (Å²) < 4.78 is 0. The molecule has 5 nitrogen and oxygen atoms in total. The second-order valence-electron chi connectivity index (χ2n) is 7.71. The Labute approximate surface area is 150 Å². The van der Waals surface area contributed by atoms with Crippen LogP contribution in [-0.4, -0.2) is 47.8 Å². The van der Waals surface area contributed by atoms with Crippen LogP contribution in [0.2, 0.25) is 0 Å². The van der Waals surface area contributed by atoms with E-state index in [0.717, 1.165) is 29.5 Å². The molecule has 1 aromatic carbocycles. The number of aryl methyl sites for hydroxylation is 2. The van der Waals surface area contributed by atoms with Gasteiger partial charge in [-0.05, 0) is 58.2 Å². The zero-order valence-electron chi connectivity index (χ0n) is 15.4. The Bertz CT molecular complexity index is 572. The third-order valence-electron chi connectivity index (χ3n) is 5.44. The molecule has 1 atom stereocenters. The van der Waals surface area contributed by atoms with Gasteiger partial charge in [-0.3, -0.25) is 0 Å². The highest BCUT2D eigenvalue weighted by molar-refractivity contribution is 5.74. The van der Waals surface area contributed by atoms with Gasteiger partial charge in [-0.2, -0.15) is 0 Å². The highest BCUT2D eigenvalue weighted by Gasteiger charge is 2.34. The van der Waals surface area contributed by atoms with Crippen molar-refractivity contribution in [3.8, 4) is 0 Å². The van der Waals surface area contributed by atoms with Crippen LogP contribution in [0.4, 0.5) is 4.79 Å². The zero-order valence-corrected chi connectivity index (χ0v) is 15.4. The fraction of sp³-hybridized carbons (Fsp3) is 0.650. The van der Waals surface area contributed by atoms with Gasteiger partial charge in [0.15, 0.2) is 0 Å². The van der Waals surface area contributed by atoms with E-state index in [9.17, 15) is 9.90 Å². The molecule has 0 spiro atoms. The van der Waals surface area contributed by atoms with E-state index in [1.54, 1.807) is 0 Å². The number of carbonyl (C=O) groups excluding carboxylic acids is 1. The third kappa shape index (κ3) is 4.95. The normalized spacial score (nSPS) is 25.1. The quantitative estimate of drug-likeness (QED) is 0.769. The average molecular weight is 345 g/mol. The maximum absolute atomic E-state index is 12.1. The summed E-state index contributed by atoms with van der Waals surface area (Å²) in [6.07, 6.45) is 5.40. The highest BCUT2D eigenvalue weighted by Crippen LogP contribution is 2.28. The van der Waals surface area contributed by atoms with Crippen molar-refractivity contribution in [1.82, 2.24) is 15.5 Å². The summed E-state index contributed by atoms with van der Waals surface area (Å²) in [5.41, 5.74) is 3.10. The first-order valence-electron chi connectivity index (χ1n) is 9.56. The molecule has 0 radical (unpaired) electrons. The van der Waals surface area contributed by atoms with Gasteiger partial charge in [0, 0.05) is 18.6 Å². The van der Waals surface area contributed by atoms with E-state index in [1.807, 2.05) is 26.0 Å². The summed E-state index contributed by atoms with van der Waals surface area (Å²) in [5, 5.41) is 16.1. The van der Waals surface area contributed by atoms with Crippen LogP contribution >= 0.6 is 0 Å². The minimum Gasteiger partial charge on any atom is -0.387 e. The fourth-order valence-electron chi connectivity index (χ4n) is 4.03. The predicted octanol–water partition coefficient (Wildman–Crippen LogP) is 2.65. The number of likely N-dealkylation sites (tertiary alicyclic amines) is 1. The Morgan fingerprint density at radius 2 is 1.80 bits per heavy atom. The molecule has 0 unspecified atom stereocenters. The Kier molecular flexibility index (Phi) is 5.97. The predicted molar refractivity (Wildman–Crippen MR) is 99.6 cm³/mol. The van der Waals surface area contributed by atoms with Crippen LogP contribution in [0, 0.1) is 13.8 Å². The minimum atomic E-state index is -0.674. The third-order valence-corrected chi connectivity index (χ3v) is 5.44. The molecule has 5 heteroatoms. The number of hydrogen-bond donors (Lipinski definition) is 3. The summed E-state index contributed by atoms with van der Waals surface area (Å²) in [4.78, 5) is 14.6. The van der Waals surface area contributed by atoms with Crippen molar-refractivity contribution in [3.63, 3.8) is 0 Å². The summed E-state index contributed by atoms with van der Waals surface area (Å²) in [7, 11) is 0. The number of aliphatic hydroxyl groups excluding tert-OH is 1. The highest BCUT2D eigenvalue weighted by atomic mass is 16.3. The first-order valence-corrected chi connectivity index (χ1v) is 9.56. The SMILES string of the molecule is Cc1cc(C)cc([C@@H](O)CNC(=O)NC2CC(N3CCCCC3)C2)c1. The lowest BCUT2D eigenvalue weighted by Crippen LogP contribution is -2.56. The number of carbonyl (C=O) groups is 1. The molecule has 3 N–H and O–H groups in total. The molecule has 2 fully saturated rings. The van der Waals surface area contributed by atoms with E-state index >= 15 is 0 Å². The molecule has 2 aliphatic rings. The summed E-state index contributed by atoms with van der Waals surface area (Å²) in [5.74, 6) is 0. The monoisotopic (exact) mass is 345 g/mol. The Morgan fingerprint density at radius 1 is 1.16 bits per heavy atom. The fourth-order valence-corrected chi connectivity index (χ4v) is 4.03. The van der Waals surface area contributed by atoms with E-state index < -0.39 is 6.10 Å². The first-order chi connectivity index (χ1) is 12.0. The zero-order chi connectivity index (χ0) is 17.8. The van der Waals surface area contributed by atoms with Crippen LogP contribution in [0.1, 0.15) is 54.9 Å². The van der Waals surface area contributed by atoms with Crippen molar-refractivity contribution in [3.05, 3.63) is 34.9 Å². The maximum Gasteiger partial charge on any atom is 0.315 e. The molecule has 0 aromatic heterocycles. The summed E-state index contributed by atoms with van der Waals surface area (Å²) >= 11 is 0. The molecule has 1 aliphatic carbocycles. The second kappa shape index (κ2) is 8.19. The van der Waals surface area contributed by atoms with Gasteiger partial charge in [0.2, 0.25) is 0 Å². The van der Waals surface area contributed by atoms with Crippen molar-refractivity contribution in [2.24, 2.45) is 0 Å². The molecule has 1 saturated carbocycles. The Morgan fingerprint density at radius 3 is 2.44 bits per heavy atom. The maximum atomic E-state index is 12.1. The van der Waals surface area contributed by atoms with Crippen LogP contribution in [0.15, 0.2) is 18.2 Å². The topological polar surface area (TPSA) is 64.6 Å². The lowest BCUT2D eigenvalue weighted by Gasteiger charge is -2.44. The second-order valence-corrected chi connectivity index (χ2v) is 7.71. The molecule has 1 aromatic rings. The van der Waals surface area contributed by atoms with Gasteiger partial charge >= 0.3 is 6.03 Å². The van der Waals surface area contributed by atoms with Gasteiger partial charge in [-0.25, -0.2) is 4.79 Å². The van der Waals surface area contributed by atoms with Crippen molar-refractivity contribution < 1.29 is 9.90 Å². The van der Waals surface area contributed by atoms with Gasteiger partial charge in [-0.15, -0.1) is 0 Å². The van der Waals surface area contributed by atoms with Crippen LogP contribution in [-0.2, 0) is 0 Å². The summed E-state index contributed by atoms with van der Waals surface area (Å²) in [6, 6.07) is 6.74. The van der Waals surface area contributed by atoms with E-state index in [2.05, 4.69) is 21.6 Å². The lowest BCUT2D eigenvalue weighted by molar-refractivity contribution is 0.0809. The molecule has 1 saturated heterocycles. The molecule has 1 heterocycles. The number of urea groups is 1. The molecule has 25 heavy (non-hydrogen) atoms. The smallest absolute Gasteiger partial charge is 0.315 e. The number of hydrogen-bond acceptors (Lipinski definition) is 3. The van der Waals surface area contributed by atoms with Crippen molar-refractivity contribution >= 4 is 6.03 Å². The number of rotatable bonds is 5. The standard InChI is InChI=1S/C20H31N3O2/c1-14-8-15(2)10-16(9-14)19(24)13-21-20(25)22-17-11-18(12-17)23-6-4-3-5-7-23/h8-10,17-19,24H,3-7,11-13H2,1-2H3,(H2,21,22,25)/t17?,18?,19-/m0/s1. The van der Waals surface area contributed by atoms with Crippen LogP contribution in [0.5, 0.6) is 0 Å². The Hall–Kier alpha value is -1.59. The Balaban J connectivity index is 1.37. The molecular formula is C20H31N3O2. The largest absolute Gasteiger partial charge is 0.387 e. The molecule has 138 valence electrons. The van der Waals surface area contributed by atoms with Crippen molar-refractivity contribution in [2.45, 2.75) is 64.1 Å². The van der Waals surface area contributed by atoms with Crippen LogP contribution in [0.25, 0.3) is 0 Å². The summed E-state index contributed by atoms with van der Waals surface area (Å²) in [6.45, 7) is 6.69. The van der Waals surface area contributed by atoms with Gasteiger partial charge in [-0.1, -0.05) is 35.7 Å². The molecule has 0 bridgehead atoms. The van der Waals surface area contributed by atoms with E-state index in [1.165, 1.54) is 32.4 Å². The molecule has 2 amide bonds. The molecular weight excluding hydrogens is 314 g/mol. The van der Waals surface area contributed by atoms with Crippen molar-refractivity contribution in [1.29, 1.82) is 0 Å². The van der Waals surface area contributed by atoms with E-state index in [4.69, 9.17) is 0 Å². The van der Waals surface area contributed by atoms with Gasteiger partial charge in [0.25, 0.3) is 0 Å². The number of piperidine rings is 1. The van der Waals surface area contributed by atoms with Gasteiger partial charge < -0.3 is 20.6 Å². The number of nitrogens with one attached hydrogen (secondary N) is 2.